The molecule has 0 unspecified atom stereocenters. The summed E-state index contributed by atoms with van der Waals surface area (Å²) >= 11 is 0. The second-order valence-corrected chi connectivity index (χ2v) is 12.1. The SMILES string of the molecule is Cc1cc(F)c(C[C@@H](C(=O)O)N2CCN(C(=O)[C@@H]3CN(C4CCOCC4)C[C@H]3c3ccc(F)cc3F)[C@@H](C)C2)cc1C. The minimum Gasteiger partial charge on any atom is -0.480 e. The van der Waals surface area contributed by atoms with Gasteiger partial charge >= 0.3 is 5.97 Å². The lowest BCUT2D eigenvalue weighted by atomic mass is 9.87. The molecule has 0 aliphatic carbocycles. The first-order chi connectivity index (χ1) is 20.0. The summed E-state index contributed by atoms with van der Waals surface area (Å²) in [5, 5.41) is 10.1. The molecule has 228 valence electrons. The number of halogens is 3. The lowest BCUT2D eigenvalue weighted by Gasteiger charge is -2.43. The fourth-order valence-electron chi connectivity index (χ4n) is 6.94. The molecule has 0 aromatic heterocycles. The summed E-state index contributed by atoms with van der Waals surface area (Å²) in [6.45, 7) is 8.80. The van der Waals surface area contributed by atoms with E-state index in [2.05, 4.69) is 4.90 Å². The van der Waals surface area contributed by atoms with Gasteiger partial charge in [0.25, 0.3) is 0 Å². The van der Waals surface area contributed by atoms with E-state index in [1.165, 1.54) is 18.2 Å². The average Bonchev–Trinajstić information content (AvgIpc) is 3.39. The van der Waals surface area contributed by atoms with Crippen molar-refractivity contribution in [2.75, 3.05) is 45.9 Å². The Hall–Kier alpha value is -2.95. The van der Waals surface area contributed by atoms with E-state index in [0.29, 0.717) is 57.1 Å². The highest BCUT2D eigenvalue weighted by Gasteiger charge is 2.45. The van der Waals surface area contributed by atoms with Gasteiger partial charge < -0.3 is 14.7 Å². The van der Waals surface area contributed by atoms with Crippen molar-refractivity contribution in [2.24, 2.45) is 5.92 Å². The highest BCUT2D eigenvalue weighted by Crippen LogP contribution is 2.38. The standard InChI is InChI=1S/C32H40F3N3O4/c1-19-12-22(28(34)13-20(19)2)14-30(32(40)41)36-8-9-38(21(3)16-36)31(39)27-18-37(24-6-10-42-11-7-24)17-26(27)25-5-4-23(33)15-29(25)35/h4-5,12-13,15,21,24,26-27,30H,6-11,14,16-18H2,1-3H3,(H,40,41)/t21-,26-,27+,30-/m0/s1. The Balaban J connectivity index is 1.32. The molecule has 42 heavy (non-hydrogen) atoms. The number of hydrogen-bond acceptors (Lipinski definition) is 5. The van der Waals surface area contributed by atoms with Crippen LogP contribution >= 0.6 is 0 Å². The van der Waals surface area contributed by atoms with Gasteiger partial charge in [-0.25, -0.2) is 13.2 Å². The molecule has 7 nitrogen and oxygen atoms in total. The first-order valence-corrected chi connectivity index (χ1v) is 14.8. The van der Waals surface area contributed by atoms with Crippen LogP contribution in [0.25, 0.3) is 0 Å². The number of likely N-dealkylation sites (tertiary alicyclic amines) is 1. The number of carbonyl (C=O) groups is 2. The van der Waals surface area contributed by atoms with Gasteiger partial charge in [0.05, 0.1) is 5.92 Å². The van der Waals surface area contributed by atoms with E-state index >= 15 is 4.39 Å². The maximum absolute atomic E-state index is 15.0. The zero-order valence-corrected chi connectivity index (χ0v) is 24.5. The topological polar surface area (TPSA) is 73.3 Å². The summed E-state index contributed by atoms with van der Waals surface area (Å²) in [5.74, 6) is -3.79. The van der Waals surface area contributed by atoms with Crippen LogP contribution in [0.4, 0.5) is 13.2 Å². The monoisotopic (exact) mass is 587 g/mol. The minimum absolute atomic E-state index is 0.0254. The number of carbonyl (C=O) groups excluding carboxylic acids is 1. The Morgan fingerprint density at radius 3 is 2.36 bits per heavy atom. The van der Waals surface area contributed by atoms with Crippen molar-refractivity contribution in [3.63, 3.8) is 0 Å². The molecule has 3 fully saturated rings. The number of benzene rings is 2. The molecule has 1 amide bonds. The number of carboxylic acids is 1. The first-order valence-electron chi connectivity index (χ1n) is 14.8. The average molecular weight is 588 g/mol. The van der Waals surface area contributed by atoms with Crippen molar-refractivity contribution >= 4 is 11.9 Å². The zero-order chi connectivity index (χ0) is 30.1. The normalized spacial score (nSPS) is 25.1. The molecule has 2 aromatic rings. The van der Waals surface area contributed by atoms with Gasteiger partial charge in [-0.2, -0.15) is 0 Å². The van der Waals surface area contributed by atoms with E-state index in [-0.39, 0.29) is 24.4 Å². The van der Waals surface area contributed by atoms with Crippen LogP contribution in [0.15, 0.2) is 30.3 Å². The zero-order valence-electron chi connectivity index (χ0n) is 24.5. The van der Waals surface area contributed by atoms with Crippen molar-refractivity contribution in [3.8, 4) is 0 Å². The Morgan fingerprint density at radius 2 is 1.69 bits per heavy atom. The number of nitrogens with zero attached hydrogens (tertiary/aromatic N) is 3. The number of ether oxygens (including phenoxy) is 1. The molecule has 0 saturated carbocycles. The highest BCUT2D eigenvalue weighted by molar-refractivity contribution is 5.81. The Morgan fingerprint density at radius 1 is 0.976 bits per heavy atom. The molecule has 3 saturated heterocycles. The van der Waals surface area contributed by atoms with Gasteiger partial charge in [-0.3, -0.25) is 19.4 Å². The van der Waals surface area contributed by atoms with Crippen LogP contribution in [0.3, 0.4) is 0 Å². The van der Waals surface area contributed by atoms with Gasteiger partial charge in [-0.05, 0) is 68.0 Å². The molecule has 1 N–H and O–H groups in total. The summed E-state index contributed by atoms with van der Waals surface area (Å²) in [6.07, 6.45) is 1.70. The molecular formula is C32H40F3N3O4. The number of amides is 1. The van der Waals surface area contributed by atoms with E-state index < -0.39 is 41.3 Å². The van der Waals surface area contributed by atoms with Crippen LogP contribution in [0.5, 0.6) is 0 Å². The maximum atomic E-state index is 15.0. The summed E-state index contributed by atoms with van der Waals surface area (Å²) in [4.78, 5) is 32.3. The van der Waals surface area contributed by atoms with Crippen molar-refractivity contribution in [1.29, 1.82) is 0 Å². The van der Waals surface area contributed by atoms with Crippen LogP contribution < -0.4 is 0 Å². The molecule has 10 heteroatoms. The third kappa shape index (κ3) is 6.35. The number of carboxylic acid groups (broad SMARTS) is 1. The van der Waals surface area contributed by atoms with Crippen molar-refractivity contribution in [2.45, 2.75) is 64.1 Å². The van der Waals surface area contributed by atoms with E-state index in [9.17, 15) is 23.5 Å². The molecule has 2 aromatic carbocycles. The predicted octanol–water partition coefficient (Wildman–Crippen LogP) is 4.14. The van der Waals surface area contributed by atoms with Gasteiger partial charge in [0.2, 0.25) is 5.91 Å². The minimum atomic E-state index is -1.03. The molecule has 0 radical (unpaired) electrons. The van der Waals surface area contributed by atoms with Gasteiger partial charge in [0.1, 0.15) is 23.5 Å². The smallest absolute Gasteiger partial charge is 0.321 e. The number of piperazine rings is 1. The lowest BCUT2D eigenvalue weighted by Crippen LogP contribution is -2.59. The predicted molar refractivity (Wildman–Crippen MR) is 152 cm³/mol. The van der Waals surface area contributed by atoms with Gasteiger partial charge in [0.15, 0.2) is 0 Å². The molecule has 3 aliphatic rings. The van der Waals surface area contributed by atoms with Gasteiger partial charge in [0, 0.05) is 76.4 Å². The summed E-state index contributed by atoms with van der Waals surface area (Å²) in [5.41, 5.74) is 2.42. The Bertz CT molecular complexity index is 1320. The van der Waals surface area contributed by atoms with Crippen LogP contribution in [-0.4, -0.2) is 95.7 Å². The Labute approximate surface area is 245 Å². The van der Waals surface area contributed by atoms with Gasteiger partial charge in [-0.1, -0.05) is 12.1 Å². The van der Waals surface area contributed by atoms with Crippen LogP contribution in [0.1, 0.15) is 47.9 Å². The van der Waals surface area contributed by atoms with Crippen LogP contribution in [0.2, 0.25) is 0 Å². The second-order valence-electron chi connectivity index (χ2n) is 12.1. The van der Waals surface area contributed by atoms with E-state index in [1.54, 1.807) is 11.0 Å². The third-order valence-corrected chi connectivity index (χ3v) is 9.48. The van der Waals surface area contributed by atoms with E-state index in [1.807, 2.05) is 25.7 Å². The van der Waals surface area contributed by atoms with E-state index in [0.717, 1.165) is 30.0 Å². The fourth-order valence-corrected chi connectivity index (χ4v) is 6.94. The van der Waals surface area contributed by atoms with Crippen molar-refractivity contribution in [1.82, 2.24) is 14.7 Å². The highest BCUT2D eigenvalue weighted by atomic mass is 19.1. The van der Waals surface area contributed by atoms with Crippen LogP contribution in [0, 0.1) is 37.2 Å². The number of aryl methyl sites for hydroxylation is 2. The lowest BCUT2D eigenvalue weighted by molar-refractivity contribution is -0.147. The quantitative estimate of drug-likeness (QED) is 0.525. The van der Waals surface area contributed by atoms with Crippen molar-refractivity contribution < 1.29 is 32.6 Å². The summed E-state index contributed by atoms with van der Waals surface area (Å²) in [7, 11) is 0. The number of rotatable bonds is 7. The Kier molecular flexibility index (Phi) is 9.25. The molecule has 5 rings (SSSR count). The fraction of sp³-hybridized carbons (Fsp3) is 0.562. The molecule has 0 spiro atoms. The maximum Gasteiger partial charge on any atom is 0.321 e. The first kappa shape index (κ1) is 30.5. The summed E-state index contributed by atoms with van der Waals surface area (Å²) in [6, 6.07) is 5.72. The largest absolute Gasteiger partial charge is 0.480 e. The molecule has 0 bridgehead atoms. The molecule has 3 aliphatic heterocycles. The van der Waals surface area contributed by atoms with Crippen molar-refractivity contribution in [3.05, 3.63) is 70.0 Å². The summed E-state index contributed by atoms with van der Waals surface area (Å²) < 4.78 is 49.0. The number of aliphatic carboxylic acids is 1. The molecule has 3 heterocycles. The van der Waals surface area contributed by atoms with E-state index in [4.69, 9.17) is 4.74 Å². The molecular weight excluding hydrogens is 547 g/mol. The second kappa shape index (κ2) is 12.7. The van der Waals surface area contributed by atoms with Crippen LogP contribution in [-0.2, 0) is 20.7 Å². The van der Waals surface area contributed by atoms with Gasteiger partial charge in [-0.15, -0.1) is 0 Å². The number of hydrogen-bond donors (Lipinski definition) is 1. The molecule has 4 atom stereocenters. The third-order valence-electron chi connectivity index (χ3n) is 9.48.